The summed E-state index contributed by atoms with van der Waals surface area (Å²) in [6, 6.07) is 7.37. The Morgan fingerprint density at radius 3 is 2.35 bits per heavy atom. The molecule has 1 amide bonds. The number of ether oxygens (including phenoxy) is 1. The van der Waals surface area contributed by atoms with Crippen molar-refractivity contribution in [3.63, 3.8) is 0 Å². The molecule has 5 heteroatoms. The van der Waals surface area contributed by atoms with Crippen LogP contribution < -0.4 is 11.1 Å². The van der Waals surface area contributed by atoms with Gasteiger partial charge in [0.2, 0.25) is 5.91 Å². The number of hydrogen-bond donors (Lipinski definition) is 2. The summed E-state index contributed by atoms with van der Waals surface area (Å²) < 4.78 is 4.65. The molecule has 0 radical (unpaired) electrons. The molecule has 3 N–H and O–H groups in total. The first-order chi connectivity index (χ1) is 8.06. The predicted molar refractivity (Wildman–Crippen MR) is 63.0 cm³/mol. The number of nitrogens with two attached hydrogens (primary N) is 1. The quantitative estimate of drug-likeness (QED) is 0.740. The zero-order valence-corrected chi connectivity index (χ0v) is 9.84. The highest BCUT2D eigenvalue weighted by atomic mass is 16.5. The van der Waals surface area contributed by atoms with Crippen LogP contribution in [0.2, 0.25) is 0 Å². The Labute approximate surface area is 99.9 Å². The van der Waals surface area contributed by atoms with E-state index in [0.29, 0.717) is 5.56 Å². The van der Waals surface area contributed by atoms with Crippen molar-refractivity contribution in [3.8, 4) is 0 Å². The lowest BCUT2D eigenvalue weighted by molar-refractivity contribution is -0.145. The van der Waals surface area contributed by atoms with Gasteiger partial charge >= 0.3 is 5.97 Å². The molecule has 0 fully saturated rings. The van der Waals surface area contributed by atoms with E-state index in [4.69, 9.17) is 5.73 Å². The van der Waals surface area contributed by atoms with E-state index in [-0.39, 0.29) is 0 Å². The summed E-state index contributed by atoms with van der Waals surface area (Å²) in [5.41, 5.74) is 6.10. The summed E-state index contributed by atoms with van der Waals surface area (Å²) in [5, 5.41) is 2.54. The monoisotopic (exact) mass is 236 g/mol. The standard InChI is InChI=1S/C12H16N2O3/c1-8(13)11(15)14-10(12(16)17-2)9-6-4-3-5-7-9/h3-8,10H,13H2,1-2H3,(H,14,15)/t8-,10-/m0/s1. The van der Waals surface area contributed by atoms with E-state index in [2.05, 4.69) is 10.1 Å². The van der Waals surface area contributed by atoms with Gasteiger partial charge in [0.25, 0.3) is 0 Å². The van der Waals surface area contributed by atoms with Crippen molar-refractivity contribution in [2.75, 3.05) is 7.11 Å². The maximum Gasteiger partial charge on any atom is 0.333 e. The van der Waals surface area contributed by atoms with Crippen molar-refractivity contribution in [2.45, 2.75) is 19.0 Å². The third-order valence-electron chi connectivity index (χ3n) is 2.27. The highest BCUT2D eigenvalue weighted by Crippen LogP contribution is 2.14. The molecule has 0 saturated carbocycles. The smallest absolute Gasteiger partial charge is 0.333 e. The molecule has 0 aliphatic rings. The first-order valence-electron chi connectivity index (χ1n) is 5.25. The van der Waals surface area contributed by atoms with Crippen molar-refractivity contribution in [2.24, 2.45) is 5.73 Å². The molecular weight excluding hydrogens is 220 g/mol. The maximum atomic E-state index is 11.6. The Morgan fingerprint density at radius 2 is 1.88 bits per heavy atom. The average molecular weight is 236 g/mol. The molecule has 1 rings (SSSR count). The van der Waals surface area contributed by atoms with E-state index in [9.17, 15) is 9.59 Å². The molecule has 17 heavy (non-hydrogen) atoms. The van der Waals surface area contributed by atoms with Gasteiger partial charge in [-0.25, -0.2) is 4.79 Å². The van der Waals surface area contributed by atoms with Crippen LogP contribution >= 0.6 is 0 Å². The van der Waals surface area contributed by atoms with Crippen molar-refractivity contribution in [1.82, 2.24) is 5.32 Å². The average Bonchev–Trinajstić information content (AvgIpc) is 2.35. The van der Waals surface area contributed by atoms with Gasteiger partial charge in [-0.1, -0.05) is 30.3 Å². The van der Waals surface area contributed by atoms with Crippen LogP contribution in [0.15, 0.2) is 30.3 Å². The molecule has 0 unspecified atom stereocenters. The van der Waals surface area contributed by atoms with Crippen molar-refractivity contribution < 1.29 is 14.3 Å². The first-order valence-corrected chi connectivity index (χ1v) is 5.25. The summed E-state index contributed by atoms with van der Waals surface area (Å²) >= 11 is 0. The lowest BCUT2D eigenvalue weighted by Crippen LogP contribution is -2.43. The minimum atomic E-state index is -0.820. The molecule has 0 bridgehead atoms. The van der Waals surface area contributed by atoms with E-state index in [1.165, 1.54) is 7.11 Å². The second-order valence-electron chi connectivity index (χ2n) is 3.66. The van der Waals surface area contributed by atoms with Crippen LogP contribution in [-0.4, -0.2) is 25.0 Å². The number of nitrogens with one attached hydrogen (secondary N) is 1. The van der Waals surface area contributed by atoms with Gasteiger partial charge in [0.15, 0.2) is 6.04 Å². The van der Waals surface area contributed by atoms with Gasteiger partial charge < -0.3 is 15.8 Å². The summed E-state index contributed by atoms with van der Waals surface area (Å²) in [6.45, 7) is 1.55. The third kappa shape index (κ3) is 3.57. The Morgan fingerprint density at radius 1 is 1.29 bits per heavy atom. The van der Waals surface area contributed by atoms with Crippen LogP contribution in [0, 0.1) is 0 Å². The minimum absolute atomic E-state index is 0.399. The van der Waals surface area contributed by atoms with Gasteiger partial charge in [-0.3, -0.25) is 4.79 Å². The van der Waals surface area contributed by atoms with Crippen LogP contribution in [0.4, 0.5) is 0 Å². The molecule has 2 atom stereocenters. The van der Waals surface area contributed by atoms with Crippen molar-refractivity contribution >= 4 is 11.9 Å². The number of methoxy groups -OCH3 is 1. The lowest BCUT2D eigenvalue weighted by atomic mass is 10.1. The number of carbonyl (C=O) groups is 2. The van der Waals surface area contributed by atoms with Gasteiger partial charge in [-0.15, -0.1) is 0 Å². The number of rotatable bonds is 4. The predicted octanol–water partition coefficient (Wildman–Crippen LogP) is 0.364. The molecule has 1 aromatic rings. The number of hydrogen-bond acceptors (Lipinski definition) is 4. The zero-order chi connectivity index (χ0) is 12.8. The largest absolute Gasteiger partial charge is 0.467 e. The number of amides is 1. The highest BCUT2D eigenvalue weighted by molar-refractivity contribution is 5.87. The van der Waals surface area contributed by atoms with Gasteiger partial charge in [-0.2, -0.15) is 0 Å². The Hall–Kier alpha value is -1.88. The fourth-order valence-electron chi connectivity index (χ4n) is 1.32. The fourth-order valence-corrected chi connectivity index (χ4v) is 1.32. The number of benzene rings is 1. The van der Waals surface area contributed by atoms with Gasteiger partial charge in [0.05, 0.1) is 13.2 Å². The molecule has 0 aliphatic heterocycles. The molecular formula is C12H16N2O3. The zero-order valence-electron chi connectivity index (χ0n) is 9.84. The SMILES string of the molecule is COC(=O)[C@@H](NC(=O)[C@H](C)N)c1ccccc1. The summed E-state index contributed by atoms with van der Waals surface area (Å²) in [7, 11) is 1.27. The van der Waals surface area contributed by atoms with Gasteiger partial charge in [0, 0.05) is 0 Å². The fraction of sp³-hybridized carbons (Fsp3) is 0.333. The molecule has 0 aromatic heterocycles. The maximum absolute atomic E-state index is 11.6. The highest BCUT2D eigenvalue weighted by Gasteiger charge is 2.24. The normalized spacial score (nSPS) is 13.6. The molecule has 0 heterocycles. The molecule has 92 valence electrons. The van der Waals surface area contributed by atoms with Crippen LogP contribution in [0.3, 0.4) is 0 Å². The second kappa shape index (κ2) is 6.00. The molecule has 0 aliphatic carbocycles. The van der Waals surface area contributed by atoms with Crippen molar-refractivity contribution in [3.05, 3.63) is 35.9 Å². The summed E-state index contributed by atoms with van der Waals surface area (Å²) in [4.78, 5) is 23.1. The van der Waals surface area contributed by atoms with Crippen LogP contribution in [0.25, 0.3) is 0 Å². The Kier molecular flexibility index (Phi) is 4.66. The number of carbonyl (C=O) groups excluding carboxylic acids is 2. The van der Waals surface area contributed by atoms with Crippen LogP contribution in [-0.2, 0) is 14.3 Å². The Bertz CT molecular complexity index is 390. The minimum Gasteiger partial charge on any atom is -0.467 e. The first kappa shape index (κ1) is 13.2. The van der Waals surface area contributed by atoms with E-state index in [1.807, 2.05) is 6.07 Å². The van der Waals surface area contributed by atoms with Crippen molar-refractivity contribution in [1.29, 1.82) is 0 Å². The lowest BCUT2D eigenvalue weighted by Gasteiger charge is -2.18. The van der Waals surface area contributed by atoms with Gasteiger partial charge in [0.1, 0.15) is 0 Å². The molecule has 5 nitrogen and oxygen atoms in total. The van der Waals surface area contributed by atoms with E-state index < -0.39 is 24.0 Å². The van der Waals surface area contributed by atoms with E-state index in [0.717, 1.165) is 0 Å². The Balaban J connectivity index is 2.90. The third-order valence-corrected chi connectivity index (χ3v) is 2.27. The summed E-state index contributed by atoms with van der Waals surface area (Å²) in [5.74, 6) is -0.922. The van der Waals surface area contributed by atoms with Crippen LogP contribution in [0.1, 0.15) is 18.5 Å². The van der Waals surface area contributed by atoms with E-state index >= 15 is 0 Å². The topological polar surface area (TPSA) is 81.4 Å². The number of esters is 1. The summed E-state index contributed by atoms with van der Waals surface area (Å²) in [6.07, 6.45) is 0. The van der Waals surface area contributed by atoms with E-state index in [1.54, 1.807) is 31.2 Å². The molecule has 1 aromatic carbocycles. The second-order valence-corrected chi connectivity index (χ2v) is 3.66. The van der Waals surface area contributed by atoms with Crippen LogP contribution in [0.5, 0.6) is 0 Å². The molecule has 0 spiro atoms. The van der Waals surface area contributed by atoms with Gasteiger partial charge in [-0.05, 0) is 12.5 Å². The molecule has 0 saturated heterocycles.